The SMILES string of the molecule is CCC(NC(=O)NCC(C)C)C(=O)O. The molecule has 0 aromatic rings. The van der Waals surface area contributed by atoms with E-state index in [2.05, 4.69) is 10.6 Å². The molecule has 0 bridgehead atoms. The molecule has 0 aromatic carbocycles. The molecule has 0 fully saturated rings. The number of rotatable bonds is 5. The fraction of sp³-hybridized carbons (Fsp3) is 0.778. The van der Waals surface area contributed by atoms with Gasteiger partial charge in [0, 0.05) is 6.54 Å². The molecule has 1 unspecified atom stereocenters. The van der Waals surface area contributed by atoms with E-state index in [1.54, 1.807) is 6.92 Å². The highest BCUT2D eigenvalue weighted by Crippen LogP contribution is 1.91. The molecule has 0 saturated carbocycles. The van der Waals surface area contributed by atoms with Crippen LogP contribution in [0.1, 0.15) is 27.2 Å². The average molecular weight is 202 g/mol. The molecule has 1 atom stereocenters. The number of carbonyl (C=O) groups is 2. The van der Waals surface area contributed by atoms with E-state index in [4.69, 9.17) is 5.11 Å². The Morgan fingerprint density at radius 3 is 2.29 bits per heavy atom. The van der Waals surface area contributed by atoms with Gasteiger partial charge in [-0.25, -0.2) is 9.59 Å². The number of amides is 2. The van der Waals surface area contributed by atoms with Gasteiger partial charge < -0.3 is 15.7 Å². The third-order valence-electron chi connectivity index (χ3n) is 1.68. The van der Waals surface area contributed by atoms with Crippen LogP contribution in [0.15, 0.2) is 0 Å². The van der Waals surface area contributed by atoms with Gasteiger partial charge in [-0.15, -0.1) is 0 Å². The lowest BCUT2D eigenvalue weighted by Gasteiger charge is -2.13. The lowest BCUT2D eigenvalue weighted by Crippen LogP contribution is -2.46. The third-order valence-corrected chi connectivity index (χ3v) is 1.68. The van der Waals surface area contributed by atoms with Crippen LogP contribution in [0, 0.1) is 5.92 Å². The zero-order valence-corrected chi connectivity index (χ0v) is 8.83. The molecule has 0 aliphatic carbocycles. The highest BCUT2D eigenvalue weighted by atomic mass is 16.4. The monoisotopic (exact) mass is 202 g/mol. The first-order valence-corrected chi connectivity index (χ1v) is 4.74. The Morgan fingerprint density at radius 1 is 1.36 bits per heavy atom. The van der Waals surface area contributed by atoms with Gasteiger partial charge in [-0.1, -0.05) is 20.8 Å². The quantitative estimate of drug-likeness (QED) is 0.617. The van der Waals surface area contributed by atoms with E-state index in [0.717, 1.165) is 0 Å². The topological polar surface area (TPSA) is 78.4 Å². The summed E-state index contributed by atoms with van der Waals surface area (Å²) in [6, 6.07) is -1.23. The highest BCUT2D eigenvalue weighted by Gasteiger charge is 2.16. The summed E-state index contributed by atoms with van der Waals surface area (Å²) in [5.74, 6) is -0.655. The fourth-order valence-corrected chi connectivity index (χ4v) is 0.845. The van der Waals surface area contributed by atoms with Crippen LogP contribution in [0.5, 0.6) is 0 Å². The number of aliphatic carboxylic acids is 1. The number of carboxylic acid groups (broad SMARTS) is 1. The Hall–Kier alpha value is -1.26. The smallest absolute Gasteiger partial charge is 0.326 e. The minimum absolute atomic E-state index is 0.352. The average Bonchev–Trinajstić information content (AvgIpc) is 2.10. The molecule has 0 aliphatic rings. The summed E-state index contributed by atoms with van der Waals surface area (Å²) >= 11 is 0. The summed E-state index contributed by atoms with van der Waals surface area (Å²) < 4.78 is 0. The second-order valence-corrected chi connectivity index (χ2v) is 3.55. The first-order chi connectivity index (χ1) is 6.47. The number of hydrogen-bond acceptors (Lipinski definition) is 2. The summed E-state index contributed by atoms with van der Waals surface area (Å²) in [7, 11) is 0. The standard InChI is InChI=1S/C9H18N2O3/c1-4-7(8(12)13)11-9(14)10-5-6(2)3/h6-7H,4-5H2,1-3H3,(H,12,13)(H2,10,11,14). The first-order valence-electron chi connectivity index (χ1n) is 4.74. The number of carboxylic acids is 1. The van der Waals surface area contributed by atoms with E-state index in [0.29, 0.717) is 18.9 Å². The molecular formula is C9H18N2O3. The lowest BCUT2D eigenvalue weighted by atomic mass is 10.2. The Labute approximate surface area is 83.9 Å². The summed E-state index contributed by atoms with van der Waals surface area (Å²) in [5.41, 5.74) is 0. The highest BCUT2D eigenvalue weighted by molar-refractivity contribution is 5.82. The fourth-order valence-electron chi connectivity index (χ4n) is 0.845. The second-order valence-electron chi connectivity index (χ2n) is 3.55. The van der Waals surface area contributed by atoms with Crippen LogP contribution in [-0.4, -0.2) is 29.7 Å². The summed E-state index contributed by atoms with van der Waals surface area (Å²) in [6.45, 7) is 6.19. The molecule has 5 heteroatoms. The van der Waals surface area contributed by atoms with Crippen LogP contribution in [0.3, 0.4) is 0 Å². The van der Waals surface area contributed by atoms with Crippen LogP contribution in [0.25, 0.3) is 0 Å². The van der Waals surface area contributed by atoms with Crippen molar-refractivity contribution in [3.8, 4) is 0 Å². The molecule has 0 aliphatic heterocycles. The van der Waals surface area contributed by atoms with E-state index >= 15 is 0 Å². The predicted molar refractivity (Wildman–Crippen MR) is 53.1 cm³/mol. The van der Waals surface area contributed by atoms with Crippen molar-refractivity contribution >= 4 is 12.0 Å². The molecule has 0 saturated heterocycles. The molecular weight excluding hydrogens is 184 g/mol. The summed E-state index contributed by atoms with van der Waals surface area (Å²) in [6.07, 6.45) is 0.379. The van der Waals surface area contributed by atoms with Crippen molar-refractivity contribution in [1.29, 1.82) is 0 Å². The molecule has 5 nitrogen and oxygen atoms in total. The first kappa shape index (κ1) is 12.7. The molecule has 2 amide bonds. The van der Waals surface area contributed by atoms with E-state index in [1.807, 2.05) is 13.8 Å². The van der Waals surface area contributed by atoms with Gasteiger partial charge in [0.2, 0.25) is 0 Å². The van der Waals surface area contributed by atoms with Crippen molar-refractivity contribution in [2.24, 2.45) is 5.92 Å². The predicted octanol–water partition coefficient (Wildman–Crippen LogP) is 0.805. The largest absolute Gasteiger partial charge is 0.480 e. The van der Waals surface area contributed by atoms with Crippen LogP contribution < -0.4 is 10.6 Å². The van der Waals surface area contributed by atoms with Gasteiger partial charge in [-0.3, -0.25) is 0 Å². The molecule has 0 spiro atoms. The number of nitrogens with one attached hydrogen (secondary N) is 2. The molecule has 0 heterocycles. The van der Waals surface area contributed by atoms with E-state index in [9.17, 15) is 9.59 Å². The molecule has 3 N–H and O–H groups in total. The maximum Gasteiger partial charge on any atom is 0.326 e. The Bertz CT molecular complexity index is 204. The number of urea groups is 1. The second kappa shape index (κ2) is 6.23. The third kappa shape index (κ3) is 5.40. The van der Waals surface area contributed by atoms with Crippen molar-refractivity contribution in [2.45, 2.75) is 33.2 Å². The Kier molecular flexibility index (Phi) is 5.67. The summed E-state index contributed by atoms with van der Waals surface area (Å²) in [4.78, 5) is 21.7. The van der Waals surface area contributed by atoms with Crippen molar-refractivity contribution < 1.29 is 14.7 Å². The Balaban J connectivity index is 3.85. The van der Waals surface area contributed by atoms with Gasteiger partial charge in [-0.2, -0.15) is 0 Å². The minimum Gasteiger partial charge on any atom is -0.480 e. The number of hydrogen-bond donors (Lipinski definition) is 3. The van der Waals surface area contributed by atoms with Crippen LogP contribution >= 0.6 is 0 Å². The van der Waals surface area contributed by atoms with Gasteiger partial charge in [0.05, 0.1) is 0 Å². The van der Waals surface area contributed by atoms with E-state index in [-0.39, 0.29) is 0 Å². The molecule has 0 aromatic heterocycles. The zero-order valence-electron chi connectivity index (χ0n) is 8.83. The van der Waals surface area contributed by atoms with Gasteiger partial charge in [0.1, 0.15) is 6.04 Å². The van der Waals surface area contributed by atoms with E-state index in [1.165, 1.54) is 0 Å². The normalized spacial score (nSPS) is 12.3. The molecule has 0 radical (unpaired) electrons. The van der Waals surface area contributed by atoms with Crippen molar-refractivity contribution in [1.82, 2.24) is 10.6 Å². The minimum atomic E-state index is -1.01. The number of carbonyl (C=O) groups excluding carboxylic acids is 1. The van der Waals surface area contributed by atoms with Crippen LogP contribution in [0.2, 0.25) is 0 Å². The van der Waals surface area contributed by atoms with Crippen molar-refractivity contribution in [3.05, 3.63) is 0 Å². The lowest BCUT2D eigenvalue weighted by molar-refractivity contribution is -0.139. The van der Waals surface area contributed by atoms with Gasteiger partial charge in [0.15, 0.2) is 0 Å². The van der Waals surface area contributed by atoms with Crippen LogP contribution in [0.4, 0.5) is 4.79 Å². The Morgan fingerprint density at radius 2 is 1.93 bits per heavy atom. The van der Waals surface area contributed by atoms with E-state index < -0.39 is 18.0 Å². The van der Waals surface area contributed by atoms with Crippen LogP contribution in [-0.2, 0) is 4.79 Å². The maximum atomic E-state index is 11.1. The maximum absolute atomic E-state index is 11.1. The summed E-state index contributed by atoms with van der Waals surface area (Å²) in [5, 5.41) is 13.6. The van der Waals surface area contributed by atoms with Crippen molar-refractivity contribution in [3.63, 3.8) is 0 Å². The van der Waals surface area contributed by atoms with Gasteiger partial charge >= 0.3 is 12.0 Å². The van der Waals surface area contributed by atoms with Gasteiger partial charge in [0.25, 0.3) is 0 Å². The molecule has 14 heavy (non-hydrogen) atoms. The van der Waals surface area contributed by atoms with Crippen molar-refractivity contribution in [2.75, 3.05) is 6.54 Å². The molecule has 82 valence electrons. The van der Waals surface area contributed by atoms with Gasteiger partial charge in [-0.05, 0) is 12.3 Å². The zero-order chi connectivity index (χ0) is 11.1. The molecule has 0 rings (SSSR count).